The third-order valence-corrected chi connectivity index (χ3v) is 4.52. The van der Waals surface area contributed by atoms with Gasteiger partial charge < -0.3 is 20.7 Å². The summed E-state index contributed by atoms with van der Waals surface area (Å²) in [5, 5.41) is 22.4. The SMILES string of the molecule is Nc1ccc(OC(=O)c2ccc(O)c3cc4ccccc4cc23)c(C(=O)O)c1. The molecule has 0 heterocycles. The lowest BCUT2D eigenvalue weighted by Crippen LogP contribution is -2.12. The Morgan fingerprint density at radius 1 is 0.821 bits per heavy atom. The number of aromatic carboxylic acids is 1. The molecule has 4 aromatic rings. The van der Waals surface area contributed by atoms with Gasteiger partial charge >= 0.3 is 11.9 Å². The number of esters is 1. The van der Waals surface area contributed by atoms with E-state index >= 15 is 0 Å². The molecule has 0 amide bonds. The van der Waals surface area contributed by atoms with Crippen molar-refractivity contribution in [1.82, 2.24) is 0 Å². The lowest BCUT2D eigenvalue weighted by atomic mass is 9.99. The van der Waals surface area contributed by atoms with E-state index in [1.807, 2.05) is 24.3 Å². The maximum atomic E-state index is 12.8. The summed E-state index contributed by atoms with van der Waals surface area (Å²) in [7, 11) is 0. The van der Waals surface area contributed by atoms with Gasteiger partial charge in [0.1, 0.15) is 17.1 Å². The van der Waals surface area contributed by atoms with E-state index in [1.165, 1.54) is 30.3 Å². The van der Waals surface area contributed by atoms with E-state index in [4.69, 9.17) is 10.5 Å². The van der Waals surface area contributed by atoms with Crippen molar-refractivity contribution in [1.29, 1.82) is 0 Å². The zero-order valence-corrected chi connectivity index (χ0v) is 14.5. The molecule has 0 unspecified atom stereocenters. The first-order valence-corrected chi connectivity index (χ1v) is 8.43. The van der Waals surface area contributed by atoms with Gasteiger partial charge in [-0.05, 0) is 53.2 Å². The third kappa shape index (κ3) is 2.97. The predicted molar refractivity (Wildman–Crippen MR) is 106 cm³/mol. The van der Waals surface area contributed by atoms with Crippen LogP contribution in [0.3, 0.4) is 0 Å². The average molecular weight is 373 g/mol. The van der Waals surface area contributed by atoms with Gasteiger partial charge in [0.15, 0.2) is 0 Å². The van der Waals surface area contributed by atoms with Gasteiger partial charge in [-0.1, -0.05) is 24.3 Å². The smallest absolute Gasteiger partial charge is 0.344 e. The number of nitrogens with two attached hydrogens (primary N) is 1. The highest BCUT2D eigenvalue weighted by Gasteiger charge is 2.19. The second kappa shape index (κ2) is 6.59. The van der Waals surface area contributed by atoms with E-state index in [1.54, 1.807) is 12.1 Å². The minimum atomic E-state index is -1.25. The molecule has 0 aliphatic rings. The summed E-state index contributed by atoms with van der Waals surface area (Å²) in [6, 6.07) is 18.1. The molecule has 6 heteroatoms. The number of hydrogen-bond donors (Lipinski definition) is 3. The molecule has 0 fully saturated rings. The quantitative estimate of drug-likeness (QED) is 0.215. The van der Waals surface area contributed by atoms with Gasteiger partial charge in [0.25, 0.3) is 0 Å². The maximum absolute atomic E-state index is 12.8. The maximum Gasteiger partial charge on any atom is 0.344 e. The Morgan fingerprint density at radius 2 is 1.50 bits per heavy atom. The fourth-order valence-corrected chi connectivity index (χ4v) is 3.15. The number of carbonyl (C=O) groups excluding carboxylic acids is 1. The first-order chi connectivity index (χ1) is 13.4. The van der Waals surface area contributed by atoms with E-state index in [9.17, 15) is 19.8 Å². The van der Waals surface area contributed by atoms with E-state index in [0.717, 1.165) is 10.8 Å². The van der Waals surface area contributed by atoms with Crippen molar-refractivity contribution >= 4 is 39.2 Å². The molecule has 0 bridgehead atoms. The molecule has 138 valence electrons. The molecule has 0 radical (unpaired) electrons. The van der Waals surface area contributed by atoms with Crippen LogP contribution in [-0.2, 0) is 0 Å². The van der Waals surface area contributed by atoms with Gasteiger partial charge in [-0.3, -0.25) is 0 Å². The summed E-state index contributed by atoms with van der Waals surface area (Å²) in [5.74, 6) is -2.05. The van der Waals surface area contributed by atoms with Crippen LogP contribution in [0, 0.1) is 0 Å². The minimum absolute atomic E-state index is 0.0380. The highest BCUT2D eigenvalue weighted by molar-refractivity contribution is 6.11. The summed E-state index contributed by atoms with van der Waals surface area (Å²) in [4.78, 5) is 24.2. The van der Waals surface area contributed by atoms with E-state index in [-0.39, 0.29) is 28.3 Å². The Morgan fingerprint density at radius 3 is 2.18 bits per heavy atom. The van der Waals surface area contributed by atoms with Crippen LogP contribution in [0.5, 0.6) is 11.5 Å². The molecule has 6 nitrogen and oxygen atoms in total. The zero-order chi connectivity index (χ0) is 19.8. The van der Waals surface area contributed by atoms with Gasteiger partial charge in [0, 0.05) is 16.5 Å². The number of anilines is 1. The molecule has 0 aliphatic carbocycles. The standard InChI is InChI=1S/C22H15NO5/c23-14-5-8-20(18(11-14)21(25)26)28-22(27)15-6-7-19(24)17-10-13-4-2-1-3-12(13)9-16(15)17/h1-11,24H,23H2,(H,25,26). The normalized spacial score (nSPS) is 10.9. The Balaban J connectivity index is 1.83. The number of benzene rings is 4. The lowest BCUT2D eigenvalue weighted by molar-refractivity contribution is 0.0682. The minimum Gasteiger partial charge on any atom is -0.507 e. The summed E-state index contributed by atoms with van der Waals surface area (Å²) in [6.07, 6.45) is 0. The van der Waals surface area contributed by atoms with Crippen molar-refractivity contribution in [2.75, 3.05) is 5.73 Å². The number of carboxylic acid groups (broad SMARTS) is 1. The fraction of sp³-hybridized carbons (Fsp3) is 0. The molecule has 0 saturated heterocycles. The van der Waals surface area contributed by atoms with Gasteiger partial charge in [-0.25, -0.2) is 9.59 Å². The van der Waals surface area contributed by atoms with Gasteiger partial charge in [0.2, 0.25) is 0 Å². The van der Waals surface area contributed by atoms with Crippen LogP contribution in [0.25, 0.3) is 21.5 Å². The number of carbonyl (C=O) groups is 2. The first-order valence-electron chi connectivity index (χ1n) is 8.43. The third-order valence-electron chi connectivity index (χ3n) is 4.52. The second-order valence-electron chi connectivity index (χ2n) is 6.33. The number of hydrogen-bond acceptors (Lipinski definition) is 5. The van der Waals surface area contributed by atoms with Crippen LogP contribution >= 0.6 is 0 Å². The monoisotopic (exact) mass is 373 g/mol. The summed E-state index contributed by atoms with van der Waals surface area (Å²) < 4.78 is 5.35. The molecule has 28 heavy (non-hydrogen) atoms. The summed E-state index contributed by atoms with van der Waals surface area (Å²) in [6.45, 7) is 0. The molecule has 0 aromatic heterocycles. The Kier molecular flexibility index (Phi) is 4.08. The van der Waals surface area contributed by atoms with Crippen LogP contribution in [0.2, 0.25) is 0 Å². The molecule has 4 aromatic carbocycles. The lowest BCUT2D eigenvalue weighted by Gasteiger charge is -2.11. The number of carboxylic acids is 1. The van der Waals surface area contributed by atoms with Gasteiger partial charge in [-0.2, -0.15) is 0 Å². The van der Waals surface area contributed by atoms with Gasteiger partial charge in [0.05, 0.1) is 5.56 Å². The van der Waals surface area contributed by atoms with Crippen LogP contribution in [-0.4, -0.2) is 22.2 Å². The Labute approximate surface area is 159 Å². The van der Waals surface area contributed by atoms with Crippen LogP contribution < -0.4 is 10.5 Å². The van der Waals surface area contributed by atoms with Crippen molar-refractivity contribution in [2.24, 2.45) is 0 Å². The van der Waals surface area contributed by atoms with Crippen molar-refractivity contribution in [3.05, 3.63) is 77.9 Å². The van der Waals surface area contributed by atoms with E-state index in [2.05, 4.69) is 0 Å². The molecular weight excluding hydrogens is 358 g/mol. The number of rotatable bonds is 3. The number of ether oxygens (including phenoxy) is 1. The van der Waals surface area contributed by atoms with Crippen LogP contribution in [0.1, 0.15) is 20.7 Å². The molecule has 0 spiro atoms. The fourth-order valence-electron chi connectivity index (χ4n) is 3.15. The van der Waals surface area contributed by atoms with Crippen molar-refractivity contribution in [2.45, 2.75) is 0 Å². The topological polar surface area (TPSA) is 110 Å². The highest BCUT2D eigenvalue weighted by Crippen LogP contribution is 2.33. The number of nitrogen functional groups attached to an aromatic ring is 1. The van der Waals surface area contributed by atoms with Gasteiger partial charge in [-0.15, -0.1) is 0 Å². The Hall–Kier alpha value is -4.06. The molecule has 0 atom stereocenters. The van der Waals surface area contributed by atoms with E-state index < -0.39 is 11.9 Å². The molecule has 4 rings (SSSR count). The number of fused-ring (bicyclic) bond motifs is 2. The number of phenolic OH excluding ortho intramolecular Hbond substituents is 1. The van der Waals surface area contributed by atoms with Crippen molar-refractivity contribution in [3.63, 3.8) is 0 Å². The summed E-state index contributed by atoms with van der Waals surface area (Å²) in [5.41, 5.74) is 5.88. The van der Waals surface area contributed by atoms with Crippen LogP contribution in [0.4, 0.5) is 5.69 Å². The Bertz CT molecular complexity index is 1260. The summed E-state index contributed by atoms with van der Waals surface area (Å²) >= 11 is 0. The molecule has 0 aliphatic heterocycles. The molecule has 4 N–H and O–H groups in total. The predicted octanol–water partition coefficient (Wildman–Crippen LogP) is 4.20. The highest BCUT2D eigenvalue weighted by atomic mass is 16.5. The second-order valence-corrected chi connectivity index (χ2v) is 6.33. The molecule has 0 saturated carbocycles. The number of phenols is 1. The number of aromatic hydroxyl groups is 1. The molecular formula is C22H15NO5. The van der Waals surface area contributed by atoms with Crippen LogP contribution in [0.15, 0.2) is 66.7 Å². The van der Waals surface area contributed by atoms with Crippen molar-refractivity contribution in [3.8, 4) is 11.5 Å². The average Bonchev–Trinajstić information content (AvgIpc) is 2.68. The van der Waals surface area contributed by atoms with Crippen molar-refractivity contribution < 1.29 is 24.5 Å². The van der Waals surface area contributed by atoms with E-state index in [0.29, 0.717) is 10.8 Å². The largest absolute Gasteiger partial charge is 0.507 e. The first kappa shape index (κ1) is 17.4. The zero-order valence-electron chi connectivity index (χ0n) is 14.5.